The van der Waals surface area contributed by atoms with Gasteiger partial charge in [0.1, 0.15) is 5.75 Å². The van der Waals surface area contributed by atoms with Crippen molar-refractivity contribution < 1.29 is 19.1 Å². The number of benzene rings is 2. The van der Waals surface area contributed by atoms with Crippen LogP contribution < -0.4 is 4.74 Å². The van der Waals surface area contributed by atoms with Gasteiger partial charge in [0, 0.05) is 43.2 Å². The molecule has 0 spiro atoms. The summed E-state index contributed by atoms with van der Waals surface area (Å²) in [7, 11) is 0. The number of carbonyl (C=O) groups excluding carboxylic acids is 2. The first kappa shape index (κ1) is 21.4. The van der Waals surface area contributed by atoms with Crippen molar-refractivity contribution in [1.82, 2.24) is 9.80 Å². The average molecular weight is 423 g/mol. The highest BCUT2D eigenvalue weighted by atomic mass is 16.5. The first-order valence-corrected chi connectivity index (χ1v) is 11.1. The molecule has 31 heavy (non-hydrogen) atoms. The second-order valence-corrected chi connectivity index (χ2v) is 8.37. The Morgan fingerprint density at radius 1 is 0.903 bits per heavy atom. The lowest BCUT2D eigenvalue weighted by Crippen LogP contribution is -2.41. The molecule has 4 rings (SSSR count). The molecular weight excluding hydrogens is 392 g/mol. The number of aryl methyl sites for hydroxylation is 1. The maximum atomic E-state index is 12.8. The maximum absolute atomic E-state index is 12.8. The Hall–Kier alpha value is -2.86. The maximum Gasteiger partial charge on any atom is 0.254 e. The molecule has 0 N–H and O–H groups in total. The highest BCUT2D eigenvalue weighted by Gasteiger charge is 2.25. The fraction of sp³-hybridized carbons (Fsp3) is 0.440. The van der Waals surface area contributed by atoms with Crippen molar-refractivity contribution in [2.24, 2.45) is 5.92 Å². The van der Waals surface area contributed by atoms with Gasteiger partial charge in [0.2, 0.25) is 0 Å². The summed E-state index contributed by atoms with van der Waals surface area (Å²) in [4.78, 5) is 29.1. The van der Waals surface area contributed by atoms with E-state index < -0.39 is 0 Å². The van der Waals surface area contributed by atoms with Crippen LogP contribution in [0, 0.1) is 12.8 Å². The fourth-order valence-electron chi connectivity index (χ4n) is 4.12. The van der Waals surface area contributed by atoms with Crippen molar-refractivity contribution in [2.45, 2.75) is 19.8 Å². The van der Waals surface area contributed by atoms with E-state index in [4.69, 9.17) is 9.47 Å². The number of amides is 2. The van der Waals surface area contributed by atoms with E-state index in [9.17, 15) is 9.59 Å². The quantitative estimate of drug-likeness (QED) is 0.741. The molecule has 0 saturated carbocycles. The normalized spacial score (nSPS) is 19.2. The van der Waals surface area contributed by atoms with Gasteiger partial charge in [-0.05, 0) is 56.2 Å². The first-order chi connectivity index (χ1) is 15.1. The number of nitrogens with zero attached hydrogens (tertiary/aromatic N) is 2. The van der Waals surface area contributed by atoms with E-state index in [-0.39, 0.29) is 11.8 Å². The second kappa shape index (κ2) is 9.96. The highest BCUT2D eigenvalue weighted by Crippen LogP contribution is 2.21. The molecule has 6 nitrogen and oxygen atoms in total. The van der Waals surface area contributed by atoms with E-state index in [2.05, 4.69) is 0 Å². The van der Waals surface area contributed by atoms with Crippen LogP contribution in [-0.4, -0.2) is 67.6 Å². The number of ether oxygens (including phenoxy) is 2. The number of rotatable bonds is 5. The third-order valence-electron chi connectivity index (χ3n) is 5.99. The summed E-state index contributed by atoms with van der Waals surface area (Å²) in [6, 6.07) is 15.1. The van der Waals surface area contributed by atoms with Crippen molar-refractivity contribution in [3.63, 3.8) is 0 Å². The lowest BCUT2D eigenvalue weighted by Gasteiger charge is -2.32. The smallest absolute Gasteiger partial charge is 0.254 e. The Kier molecular flexibility index (Phi) is 6.87. The molecule has 2 fully saturated rings. The van der Waals surface area contributed by atoms with E-state index in [1.165, 1.54) is 0 Å². The van der Waals surface area contributed by atoms with Gasteiger partial charge in [-0.2, -0.15) is 0 Å². The van der Waals surface area contributed by atoms with Gasteiger partial charge in [0.25, 0.3) is 11.8 Å². The summed E-state index contributed by atoms with van der Waals surface area (Å²) in [5, 5.41) is 0. The predicted molar refractivity (Wildman–Crippen MR) is 118 cm³/mol. The molecule has 2 aromatic carbocycles. The minimum absolute atomic E-state index is 0.0346. The van der Waals surface area contributed by atoms with Crippen LogP contribution in [0.5, 0.6) is 5.75 Å². The minimum atomic E-state index is 0.0346. The van der Waals surface area contributed by atoms with Gasteiger partial charge in [-0.1, -0.05) is 17.7 Å². The first-order valence-electron chi connectivity index (χ1n) is 11.1. The Balaban J connectivity index is 1.29. The summed E-state index contributed by atoms with van der Waals surface area (Å²) in [5.74, 6) is 1.18. The van der Waals surface area contributed by atoms with E-state index in [0.29, 0.717) is 50.9 Å². The number of hydrogen-bond donors (Lipinski definition) is 0. The molecule has 2 saturated heterocycles. The number of carbonyl (C=O) groups is 2. The van der Waals surface area contributed by atoms with E-state index in [1.54, 1.807) is 0 Å². The van der Waals surface area contributed by atoms with Gasteiger partial charge in [-0.15, -0.1) is 0 Å². The number of hydrogen-bond acceptors (Lipinski definition) is 4. The van der Waals surface area contributed by atoms with Crippen molar-refractivity contribution in [2.75, 3.05) is 46.0 Å². The van der Waals surface area contributed by atoms with Gasteiger partial charge in [0.05, 0.1) is 19.8 Å². The summed E-state index contributed by atoms with van der Waals surface area (Å²) >= 11 is 0. The molecule has 2 amide bonds. The average Bonchev–Trinajstić information content (AvgIpc) is 2.83. The van der Waals surface area contributed by atoms with Gasteiger partial charge >= 0.3 is 0 Å². The van der Waals surface area contributed by atoms with Gasteiger partial charge in [-0.25, -0.2) is 0 Å². The zero-order chi connectivity index (χ0) is 21.6. The second-order valence-electron chi connectivity index (χ2n) is 8.37. The monoisotopic (exact) mass is 422 g/mol. The fourth-order valence-corrected chi connectivity index (χ4v) is 4.12. The topological polar surface area (TPSA) is 59.1 Å². The summed E-state index contributed by atoms with van der Waals surface area (Å²) in [6.07, 6.45) is 2.03. The number of morpholine rings is 1. The third-order valence-corrected chi connectivity index (χ3v) is 5.99. The van der Waals surface area contributed by atoms with E-state index in [1.807, 2.05) is 65.3 Å². The SMILES string of the molecule is Cc1ccc(C(=O)N2CCC[C@H](COc3ccc(C(=O)N4CCOCC4)cc3)C2)cc1. The summed E-state index contributed by atoms with van der Waals surface area (Å²) in [5.41, 5.74) is 2.56. The molecular formula is C25H30N2O4. The number of piperidine rings is 1. The molecule has 2 heterocycles. The molecule has 1 atom stereocenters. The molecule has 6 heteroatoms. The van der Waals surface area contributed by atoms with Crippen LogP contribution in [0.25, 0.3) is 0 Å². The van der Waals surface area contributed by atoms with E-state index >= 15 is 0 Å². The molecule has 2 aliphatic rings. The molecule has 0 aliphatic carbocycles. The lowest BCUT2D eigenvalue weighted by molar-refractivity contribution is 0.0303. The van der Waals surface area contributed by atoms with Crippen LogP contribution in [0.3, 0.4) is 0 Å². The van der Waals surface area contributed by atoms with Crippen molar-refractivity contribution >= 4 is 11.8 Å². The number of likely N-dealkylation sites (tertiary alicyclic amines) is 1. The lowest BCUT2D eigenvalue weighted by atomic mass is 9.98. The van der Waals surface area contributed by atoms with Crippen LogP contribution in [0.4, 0.5) is 0 Å². The Morgan fingerprint density at radius 2 is 1.52 bits per heavy atom. The van der Waals surface area contributed by atoms with E-state index in [0.717, 1.165) is 36.3 Å². The van der Waals surface area contributed by atoms with Crippen LogP contribution in [0.15, 0.2) is 48.5 Å². The zero-order valence-corrected chi connectivity index (χ0v) is 18.1. The van der Waals surface area contributed by atoms with Gasteiger partial charge < -0.3 is 19.3 Å². The predicted octanol–water partition coefficient (Wildman–Crippen LogP) is 3.40. The van der Waals surface area contributed by atoms with Crippen LogP contribution in [0.1, 0.15) is 39.1 Å². The molecule has 0 bridgehead atoms. The van der Waals surface area contributed by atoms with Crippen LogP contribution >= 0.6 is 0 Å². The Morgan fingerprint density at radius 3 is 2.19 bits per heavy atom. The molecule has 0 aromatic heterocycles. The third kappa shape index (κ3) is 5.44. The molecule has 2 aliphatic heterocycles. The van der Waals surface area contributed by atoms with Crippen molar-refractivity contribution in [1.29, 1.82) is 0 Å². The standard InChI is InChI=1S/C25H30N2O4/c1-19-4-6-21(7-5-19)25(29)27-12-2-3-20(17-27)18-31-23-10-8-22(9-11-23)24(28)26-13-15-30-16-14-26/h4-11,20H,2-3,12-18H2,1H3/t20-/m0/s1. The molecule has 2 aromatic rings. The van der Waals surface area contributed by atoms with Crippen LogP contribution in [-0.2, 0) is 4.74 Å². The minimum Gasteiger partial charge on any atom is -0.493 e. The van der Waals surface area contributed by atoms with Gasteiger partial charge in [-0.3, -0.25) is 9.59 Å². The van der Waals surface area contributed by atoms with Crippen molar-refractivity contribution in [3.8, 4) is 5.75 Å². The molecule has 0 unspecified atom stereocenters. The largest absolute Gasteiger partial charge is 0.493 e. The Bertz CT molecular complexity index is 889. The zero-order valence-electron chi connectivity index (χ0n) is 18.1. The molecule has 164 valence electrons. The summed E-state index contributed by atoms with van der Waals surface area (Å²) in [6.45, 7) is 6.55. The van der Waals surface area contributed by atoms with Crippen LogP contribution in [0.2, 0.25) is 0 Å². The highest BCUT2D eigenvalue weighted by molar-refractivity contribution is 5.94. The summed E-state index contributed by atoms with van der Waals surface area (Å²) < 4.78 is 11.3. The van der Waals surface area contributed by atoms with Crippen molar-refractivity contribution in [3.05, 3.63) is 65.2 Å². The Labute approximate surface area is 183 Å². The van der Waals surface area contributed by atoms with Gasteiger partial charge in [0.15, 0.2) is 0 Å². The molecule has 0 radical (unpaired) electrons.